The van der Waals surface area contributed by atoms with Gasteiger partial charge in [-0.05, 0) is 12.1 Å². The van der Waals surface area contributed by atoms with Crippen molar-refractivity contribution in [2.75, 3.05) is 23.8 Å². The molecule has 104 valence electrons. The number of nitrogens with zero attached hydrogens (tertiary/aromatic N) is 1. The number of rotatable bonds is 6. The molecule has 7 nitrogen and oxygen atoms in total. The first-order chi connectivity index (χ1) is 8.95. The zero-order valence-electron chi connectivity index (χ0n) is 10.4. The van der Waals surface area contributed by atoms with Gasteiger partial charge in [-0.2, -0.15) is 0 Å². The van der Waals surface area contributed by atoms with Gasteiger partial charge in [-0.3, -0.25) is 19.1 Å². The molecule has 1 aromatic rings. The summed E-state index contributed by atoms with van der Waals surface area (Å²) in [5.74, 6) is 0.443. The number of benzene rings is 1. The Balaban J connectivity index is 2.70. The van der Waals surface area contributed by atoms with E-state index in [4.69, 9.17) is 5.73 Å². The third-order valence-electron chi connectivity index (χ3n) is 2.43. The van der Waals surface area contributed by atoms with Crippen LogP contribution in [-0.2, 0) is 10.8 Å². The summed E-state index contributed by atoms with van der Waals surface area (Å²) in [7, 11) is -0.958. The highest BCUT2D eigenvalue weighted by Gasteiger charge is 2.15. The smallest absolute Gasteiger partial charge is 0.292 e. The molecule has 0 heterocycles. The maximum absolute atomic E-state index is 11.7. The first-order valence-electron chi connectivity index (χ1n) is 5.62. The summed E-state index contributed by atoms with van der Waals surface area (Å²) < 4.78 is 11.2. The van der Waals surface area contributed by atoms with E-state index in [0.717, 1.165) is 6.07 Å². The molecule has 1 amide bonds. The predicted molar refractivity (Wildman–Crippen MR) is 73.4 cm³/mol. The van der Waals surface area contributed by atoms with Crippen molar-refractivity contribution in [1.82, 2.24) is 5.32 Å². The van der Waals surface area contributed by atoms with Crippen LogP contribution in [0.25, 0.3) is 0 Å². The van der Waals surface area contributed by atoms with Gasteiger partial charge in [0.2, 0.25) is 0 Å². The fraction of sp³-hybridized carbons (Fsp3) is 0.364. The average Bonchev–Trinajstić information content (AvgIpc) is 2.38. The van der Waals surface area contributed by atoms with E-state index in [2.05, 4.69) is 5.32 Å². The van der Waals surface area contributed by atoms with Gasteiger partial charge < -0.3 is 11.1 Å². The van der Waals surface area contributed by atoms with Crippen LogP contribution in [-0.4, -0.2) is 33.1 Å². The van der Waals surface area contributed by atoms with E-state index >= 15 is 0 Å². The summed E-state index contributed by atoms with van der Waals surface area (Å²) in [5.41, 5.74) is 5.30. The number of hydrogen-bond donors (Lipinski definition) is 2. The Morgan fingerprint density at radius 2 is 2.21 bits per heavy atom. The van der Waals surface area contributed by atoms with Crippen LogP contribution >= 0.6 is 0 Å². The number of nitro benzene ring substituents is 1. The second kappa shape index (κ2) is 6.83. The lowest BCUT2D eigenvalue weighted by atomic mass is 10.1. The maximum atomic E-state index is 11.7. The van der Waals surface area contributed by atoms with Crippen LogP contribution in [0.3, 0.4) is 0 Å². The highest BCUT2D eigenvalue weighted by Crippen LogP contribution is 2.22. The molecule has 3 N–H and O–H groups in total. The van der Waals surface area contributed by atoms with E-state index in [1.54, 1.807) is 6.92 Å². The Kier molecular flexibility index (Phi) is 5.43. The lowest BCUT2D eigenvalue weighted by molar-refractivity contribution is -0.383. The largest absolute Gasteiger partial charge is 0.393 e. The highest BCUT2D eigenvalue weighted by molar-refractivity contribution is 7.84. The molecule has 1 rings (SSSR count). The number of nitro groups is 1. The molecule has 0 spiro atoms. The minimum absolute atomic E-state index is 0.00800. The Bertz CT molecular complexity index is 519. The molecule has 0 aliphatic carbocycles. The van der Waals surface area contributed by atoms with Crippen molar-refractivity contribution in [2.45, 2.75) is 6.92 Å². The molecule has 0 bridgehead atoms. The summed E-state index contributed by atoms with van der Waals surface area (Å²) in [5, 5.41) is 13.2. The van der Waals surface area contributed by atoms with Gasteiger partial charge in [0.25, 0.3) is 11.6 Å². The van der Waals surface area contributed by atoms with E-state index < -0.39 is 21.6 Å². The second-order valence-electron chi connectivity index (χ2n) is 3.72. The Labute approximate surface area is 112 Å². The second-order valence-corrected chi connectivity index (χ2v) is 5.58. The zero-order chi connectivity index (χ0) is 14.4. The molecule has 1 atom stereocenters. The number of nitrogen functional groups attached to an aromatic ring is 1. The monoisotopic (exact) mass is 285 g/mol. The molecule has 1 aromatic carbocycles. The van der Waals surface area contributed by atoms with Gasteiger partial charge >= 0.3 is 0 Å². The number of hydrogen-bond acceptors (Lipinski definition) is 5. The lowest BCUT2D eigenvalue weighted by Crippen LogP contribution is -2.28. The molecule has 19 heavy (non-hydrogen) atoms. The SMILES string of the molecule is CCS(=O)CCNC(=O)c1ccc(N)c([N+](=O)[O-])c1. The van der Waals surface area contributed by atoms with Gasteiger partial charge in [0.1, 0.15) is 5.69 Å². The van der Waals surface area contributed by atoms with Gasteiger partial charge in [0.05, 0.1) is 4.92 Å². The molecule has 0 saturated carbocycles. The summed E-state index contributed by atoms with van der Waals surface area (Å²) in [6.45, 7) is 2.05. The van der Waals surface area contributed by atoms with E-state index in [-0.39, 0.29) is 23.5 Å². The summed E-state index contributed by atoms with van der Waals surface area (Å²) >= 11 is 0. The van der Waals surface area contributed by atoms with Crippen LogP contribution < -0.4 is 11.1 Å². The first kappa shape index (κ1) is 15.1. The average molecular weight is 285 g/mol. The zero-order valence-corrected chi connectivity index (χ0v) is 11.2. The number of carbonyl (C=O) groups excluding carboxylic acids is 1. The van der Waals surface area contributed by atoms with Crippen molar-refractivity contribution in [3.63, 3.8) is 0 Å². The van der Waals surface area contributed by atoms with Crippen LogP contribution in [0.1, 0.15) is 17.3 Å². The van der Waals surface area contributed by atoms with E-state index in [9.17, 15) is 19.1 Å². The number of nitrogens with one attached hydrogen (secondary N) is 1. The van der Waals surface area contributed by atoms with Gasteiger partial charge in [-0.1, -0.05) is 6.92 Å². The molecule has 0 aliphatic heterocycles. The van der Waals surface area contributed by atoms with Gasteiger partial charge in [0.15, 0.2) is 0 Å². The molecule has 0 aromatic heterocycles. The number of anilines is 1. The molecule has 8 heteroatoms. The van der Waals surface area contributed by atoms with E-state index in [0.29, 0.717) is 11.5 Å². The van der Waals surface area contributed by atoms with Crippen molar-refractivity contribution in [3.05, 3.63) is 33.9 Å². The van der Waals surface area contributed by atoms with Gasteiger partial charge in [0, 0.05) is 40.5 Å². The summed E-state index contributed by atoms with van der Waals surface area (Å²) in [6.07, 6.45) is 0. The normalized spacial score (nSPS) is 11.8. The highest BCUT2D eigenvalue weighted by atomic mass is 32.2. The topological polar surface area (TPSA) is 115 Å². The molecule has 1 unspecified atom stereocenters. The third-order valence-corrected chi connectivity index (χ3v) is 3.73. The molecule has 0 fully saturated rings. The quantitative estimate of drug-likeness (QED) is 0.453. The summed E-state index contributed by atoms with van der Waals surface area (Å²) in [6, 6.07) is 3.85. The minimum atomic E-state index is -0.958. The number of carbonyl (C=O) groups is 1. The lowest BCUT2D eigenvalue weighted by Gasteiger charge is -2.05. The molecule has 0 aliphatic rings. The third kappa shape index (κ3) is 4.32. The summed E-state index contributed by atoms with van der Waals surface area (Å²) in [4.78, 5) is 21.8. The van der Waals surface area contributed by atoms with E-state index in [1.165, 1.54) is 12.1 Å². The van der Waals surface area contributed by atoms with Crippen LogP contribution in [0.4, 0.5) is 11.4 Å². The maximum Gasteiger partial charge on any atom is 0.292 e. The van der Waals surface area contributed by atoms with E-state index in [1.807, 2.05) is 0 Å². The molecular weight excluding hydrogens is 270 g/mol. The van der Waals surface area contributed by atoms with Gasteiger partial charge in [-0.25, -0.2) is 0 Å². The Morgan fingerprint density at radius 1 is 1.53 bits per heavy atom. The minimum Gasteiger partial charge on any atom is -0.393 e. The first-order valence-corrected chi connectivity index (χ1v) is 7.11. The molecular formula is C11H15N3O4S. The van der Waals surface area contributed by atoms with Crippen molar-refractivity contribution < 1.29 is 13.9 Å². The standard InChI is InChI=1S/C11H15N3O4S/c1-2-19(18)6-5-13-11(15)8-3-4-9(12)10(7-8)14(16)17/h3-4,7H,2,5-6,12H2,1H3,(H,13,15). The predicted octanol–water partition coefficient (Wildman–Crippen LogP) is 0.675. The Hall–Kier alpha value is -1.96. The fourth-order valence-corrected chi connectivity index (χ4v) is 1.99. The molecule has 0 radical (unpaired) electrons. The number of amides is 1. The van der Waals surface area contributed by atoms with Gasteiger partial charge in [-0.15, -0.1) is 0 Å². The van der Waals surface area contributed by atoms with Crippen LogP contribution in [0.2, 0.25) is 0 Å². The van der Waals surface area contributed by atoms with Crippen molar-refractivity contribution in [2.24, 2.45) is 0 Å². The van der Waals surface area contributed by atoms with Crippen LogP contribution in [0, 0.1) is 10.1 Å². The van der Waals surface area contributed by atoms with Crippen molar-refractivity contribution in [3.8, 4) is 0 Å². The van der Waals surface area contributed by atoms with Crippen molar-refractivity contribution >= 4 is 28.1 Å². The van der Waals surface area contributed by atoms with Crippen LogP contribution in [0.15, 0.2) is 18.2 Å². The fourth-order valence-electron chi connectivity index (χ4n) is 1.37. The van der Waals surface area contributed by atoms with Crippen molar-refractivity contribution in [1.29, 1.82) is 0 Å². The molecule has 0 saturated heterocycles. The van der Waals surface area contributed by atoms with Crippen LogP contribution in [0.5, 0.6) is 0 Å². The Morgan fingerprint density at radius 3 is 2.79 bits per heavy atom. The number of nitrogens with two attached hydrogens (primary N) is 1.